The Kier molecular flexibility index (Phi) is 7.15. The quantitative estimate of drug-likeness (QED) is 0.670. The summed E-state index contributed by atoms with van der Waals surface area (Å²) in [4.78, 5) is 11.4. The predicted octanol–water partition coefficient (Wildman–Crippen LogP) is 1.75. The van der Waals surface area contributed by atoms with Gasteiger partial charge in [-0.1, -0.05) is 31.2 Å². The van der Waals surface area contributed by atoms with Gasteiger partial charge in [-0.2, -0.15) is 0 Å². The number of hydrogen-bond donors (Lipinski definition) is 3. The van der Waals surface area contributed by atoms with Crippen molar-refractivity contribution in [2.75, 3.05) is 13.1 Å². The molecule has 0 fully saturated rings. The van der Waals surface area contributed by atoms with E-state index in [-0.39, 0.29) is 18.6 Å². The maximum absolute atomic E-state index is 11.4. The standard InChI is InChI=1S/C15H24N2O2/c1-3-8-17-15(19)7-9-16-12(2)14-6-4-5-13(10-14)11-18/h4-6,10,12,16,18H,3,7-9,11H2,1-2H3,(H,17,19). The predicted molar refractivity (Wildman–Crippen MR) is 76.7 cm³/mol. The average Bonchev–Trinajstić information content (AvgIpc) is 2.45. The third-order valence-electron chi connectivity index (χ3n) is 3.01. The summed E-state index contributed by atoms with van der Waals surface area (Å²) in [7, 11) is 0. The Morgan fingerprint density at radius 1 is 1.37 bits per heavy atom. The van der Waals surface area contributed by atoms with Crippen molar-refractivity contribution in [2.24, 2.45) is 0 Å². The number of nitrogens with one attached hydrogen (secondary N) is 2. The molecule has 4 nitrogen and oxygen atoms in total. The first kappa shape index (κ1) is 15.7. The van der Waals surface area contributed by atoms with E-state index < -0.39 is 0 Å². The Labute approximate surface area is 115 Å². The van der Waals surface area contributed by atoms with Crippen molar-refractivity contribution in [3.8, 4) is 0 Å². The molecule has 0 saturated heterocycles. The maximum Gasteiger partial charge on any atom is 0.221 e. The molecule has 1 aromatic carbocycles. The van der Waals surface area contributed by atoms with Crippen LogP contribution in [-0.2, 0) is 11.4 Å². The second kappa shape index (κ2) is 8.67. The number of aliphatic hydroxyl groups is 1. The van der Waals surface area contributed by atoms with E-state index in [0.29, 0.717) is 13.0 Å². The summed E-state index contributed by atoms with van der Waals surface area (Å²) in [5.41, 5.74) is 2.03. The highest BCUT2D eigenvalue weighted by molar-refractivity contribution is 5.75. The molecule has 1 atom stereocenters. The first-order valence-electron chi connectivity index (χ1n) is 6.87. The summed E-state index contributed by atoms with van der Waals surface area (Å²) in [5.74, 6) is 0.0886. The van der Waals surface area contributed by atoms with E-state index in [1.165, 1.54) is 0 Å². The highest BCUT2D eigenvalue weighted by Gasteiger charge is 2.06. The highest BCUT2D eigenvalue weighted by atomic mass is 16.3. The van der Waals surface area contributed by atoms with Crippen LogP contribution in [0.5, 0.6) is 0 Å². The van der Waals surface area contributed by atoms with Crippen molar-refractivity contribution < 1.29 is 9.90 Å². The monoisotopic (exact) mass is 264 g/mol. The minimum atomic E-state index is 0.0555. The lowest BCUT2D eigenvalue weighted by molar-refractivity contribution is -0.121. The van der Waals surface area contributed by atoms with Crippen molar-refractivity contribution in [3.63, 3.8) is 0 Å². The average molecular weight is 264 g/mol. The first-order valence-corrected chi connectivity index (χ1v) is 6.87. The van der Waals surface area contributed by atoms with Crippen LogP contribution in [0.4, 0.5) is 0 Å². The van der Waals surface area contributed by atoms with Gasteiger partial charge in [-0.25, -0.2) is 0 Å². The van der Waals surface area contributed by atoms with Gasteiger partial charge in [-0.3, -0.25) is 4.79 Å². The number of amides is 1. The van der Waals surface area contributed by atoms with E-state index in [4.69, 9.17) is 5.11 Å². The molecule has 0 aliphatic heterocycles. The fourth-order valence-electron chi connectivity index (χ4n) is 1.83. The van der Waals surface area contributed by atoms with Gasteiger partial charge in [0, 0.05) is 25.6 Å². The summed E-state index contributed by atoms with van der Waals surface area (Å²) < 4.78 is 0. The normalized spacial score (nSPS) is 12.2. The molecule has 0 aliphatic rings. The van der Waals surface area contributed by atoms with E-state index in [9.17, 15) is 4.79 Å². The van der Waals surface area contributed by atoms with E-state index in [2.05, 4.69) is 17.6 Å². The topological polar surface area (TPSA) is 61.4 Å². The van der Waals surface area contributed by atoms with Gasteiger partial charge in [0.1, 0.15) is 0 Å². The summed E-state index contributed by atoms with van der Waals surface area (Å²) in [6.45, 7) is 5.54. The summed E-state index contributed by atoms with van der Waals surface area (Å²) >= 11 is 0. The number of carbonyl (C=O) groups excluding carboxylic acids is 1. The third kappa shape index (κ3) is 5.85. The van der Waals surface area contributed by atoms with Gasteiger partial charge in [-0.15, -0.1) is 0 Å². The van der Waals surface area contributed by atoms with Gasteiger partial charge >= 0.3 is 0 Å². The third-order valence-corrected chi connectivity index (χ3v) is 3.01. The van der Waals surface area contributed by atoms with Crippen LogP contribution in [0.1, 0.15) is 43.9 Å². The van der Waals surface area contributed by atoms with Gasteiger partial charge < -0.3 is 15.7 Å². The zero-order valence-electron chi connectivity index (χ0n) is 11.8. The minimum Gasteiger partial charge on any atom is -0.392 e. The highest BCUT2D eigenvalue weighted by Crippen LogP contribution is 2.14. The van der Waals surface area contributed by atoms with Gasteiger partial charge in [0.15, 0.2) is 0 Å². The van der Waals surface area contributed by atoms with Crippen LogP contribution in [-0.4, -0.2) is 24.1 Å². The molecule has 0 spiro atoms. The molecular formula is C15H24N2O2. The lowest BCUT2D eigenvalue weighted by Gasteiger charge is -2.15. The van der Waals surface area contributed by atoms with Crippen LogP contribution < -0.4 is 10.6 Å². The van der Waals surface area contributed by atoms with Crippen LogP contribution in [0, 0.1) is 0 Å². The van der Waals surface area contributed by atoms with Crippen LogP contribution >= 0.6 is 0 Å². The van der Waals surface area contributed by atoms with E-state index in [1.54, 1.807) is 0 Å². The van der Waals surface area contributed by atoms with Crippen molar-refractivity contribution in [3.05, 3.63) is 35.4 Å². The second-order valence-corrected chi connectivity index (χ2v) is 4.68. The van der Waals surface area contributed by atoms with Gasteiger partial charge in [-0.05, 0) is 24.5 Å². The second-order valence-electron chi connectivity index (χ2n) is 4.68. The molecule has 1 aromatic rings. The Morgan fingerprint density at radius 3 is 2.84 bits per heavy atom. The number of rotatable bonds is 8. The molecule has 0 saturated carbocycles. The summed E-state index contributed by atoms with van der Waals surface area (Å²) in [6.07, 6.45) is 1.45. The fraction of sp³-hybridized carbons (Fsp3) is 0.533. The smallest absolute Gasteiger partial charge is 0.221 e. The van der Waals surface area contributed by atoms with E-state index in [1.807, 2.05) is 31.2 Å². The molecule has 0 radical (unpaired) electrons. The fourth-order valence-corrected chi connectivity index (χ4v) is 1.83. The van der Waals surface area contributed by atoms with Crippen molar-refractivity contribution >= 4 is 5.91 Å². The SMILES string of the molecule is CCCNC(=O)CCNC(C)c1cccc(CO)c1. The largest absolute Gasteiger partial charge is 0.392 e. The minimum absolute atomic E-state index is 0.0555. The van der Waals surface area contributed by atoms with Crippen LogP contribution in [0.3, 0.4) is 0 Å². The van der Waals surface area contributed by atoms with Crippen LogP contribution in [0.2, 0.25) is 0 Å². The number of aliphatic hydroxyl groups excluding tert-OH is 1. The van der Waals surface area contributed by atoms with Gasteiger partial charge in [0.05, 0.1) is 6.61 Å². The zero-order valence-corrected chi connectivity index (χ0v) is 11.8. The summed E-state index contributed by atoms with van der Waals surface area (Å²) in [5, 5.41) is 15.3. The van der Waals surface area contributed by atoms with Gasteiger partial charge in [0.2, 0.25) is 5.91 Å². The Balaban J connectivity index is 2.34. The molecule has 0 aromatic heterocycles. The summed E-state index contributed by atoms with van der Waals surface area (Å²) in [6, 6.07) is 8.01. The molecule has 0 heterocycles. The van der Waals surface area contributed by atoms with Gasteiger partial charge in [0.25, 0.3) is 0 Å². The van der Waals surface area contributed by atoms with Crippen molar-refractivity contribution in [1.82, 2.24) is 10.6 Å². The molecule has 1 rings (SSSR count). The lowest BCUT2D eigenvalue weighted by atomic mass is 10.1. The maximum atomic E-state index is 11.4. The van der Waals surface area contributed by atoms with E-state index in [0.717, 1.165) is 24.1 Å². The lowest BCUT2D eigenvalue weighted by Crippen LogP contribution is -2.29. The van der Waals surface area contributed by atoms with Crippen LogP contribution in [0.15, 0.2) is 24.3 Å². The zero-order chi connectivity index (χ0) is 14.1. The number of hydrogen-bond acceptors (Lipinski definition) is 3. The molecule has 3 N–H and O–H groups in total. The number of benzene rings is 1. The first-order chi connectivity index (χ1) is 9.17. The molecule has 19 heavy (non-hydrogen) atoms. The molecule has 4 heteroatoms. The molecular weight excluding hydrogens is 240 g/mol. The molecule has 1 amide bonds. The Morgan fingerprint density at radius 2 is 2.16 bits per heavy atom. The van der Waals surface area contributed by atoms with Crippen molar-refractivity contribution in [2.45, 2.75) is 39.3 Å². The number of carbonyl (C=O) groups is 1. The van der Waals surface area contributed by atoms with Crippen LogP contribution in [0.25, 0.3) is 0 Å². The molecule has 0 bridgehead atoms. The van der Waals surface area contributed by atoms with E-state index >= 15 is 0 Å². The molecule has 1 unspecified atom stereocenters. The molecule has 106 valence electrons. The Bertz CT molecular complexity index is 393. The van der Waals surface area contributed by atoms with Crippen molar-refractivity contribution in [1.29, 1.82) is 0 Å². The Hall–Kier alpha value is -1.39. The molecule has 0 aliphatic carbocycles.